The minimum atomic E-state index is -4.83. The normalized spacial score (nSPS) is 14.9. The molecule has 1 unspecified atom stereocenters. The monoisotopic (exact) mass is 646 g/mol. The van der Waals surface area contributed by atoms with Gasteiger partial charge < -0.3 is 24.6 Å². The van der Waals surface area contributed by atoms with E-state index in [0.29, 0.717) is 21.1 Å². The van der Waals surface area contributed by atoms with Crippen LogP contribution in [0.4, 0.5) is 30.4 Å². The summed E-state index contributed by atoms with van der Waals surface area (Å²) in [6, 6.07) is 12.9. The van der Waals surface area contributed by atoms with Crippen LogP contribution in [0.15, 0.2) is 60.8 Å². The van der Waals surface area contributed by atoms with Gasteiger partial charge in [-0.1, -0.05) is 40.3 Å². The number of amides is 2. The number of nitrogens with one attached hydrogen (secondary N) is 1. The lowest BCUT2D eigenvalue weighted by molar-refractivity contribution is -0.274. The number of ether oxygens (including phenoxy) is 2. The van der Waals surface area contributed by atoms with Crippen molar-refractivity contribution in [1.29, 1.82) is 0 Å². The highest BCUT2D eigenvalue weighted by molar-refractivity contribution is 14.1. The summed E-state index contributed by atoms with van der Waals surface area (Å²) in [4.78, 5) is 33.8. The number of hydrogen-bond donors (Lipinski definition) is 1. The Hall–Kier alpha value is -3.26. The van der Waals surface area contributed by atoms with Gasteiger partial charge in [0, 0.05) is 18.9 Å². The SMILES string of the molecule is CN(CI)C(=O)C1CN(c2ncccc2Cl)c2cccc(C(=O)Nc3ccc(OC(F)(F)F)cc3)c2O1. The minimum Gasteiger partial charge on any atom is -0.476 e. The van der Waals surface area contributed by atoms with E-state index in [9.17, 15) is 22.8 Å². The number of aromatic nitrogens is 1. The Morgan fingerprint density at radius 3 is 2.59 bits per heavy atom. The number of nitrogens with zero attached hydrogens (tertiary/aromatic N) is 3. The fourth-order valence-electron chi connectivity index (χ4n) is 3.63. The first kappa shape index (κ1) is 26.8. The predicted octanol–water partition coefficient (Wildman–Crippen LogP) is 5.64. The number of anilines is 3. The molecule has 0 aliphatic carbocycles. The Labute approximate surface area is 228 Å². The predicted molar refractivity (Wildman–Crippen MR) is 140 cm³/mol. The van der Waals surface area contributed by atoms with Gasteiger partial charge in [-0.25, -0.2) is 4.98 Å². The molecule has 1 aromatic heterocycles. The Morgan fingerprint density at radius 1 is 1.22 bits per heavy atom. The van der Waals surface area contributed by atoms with E-state index >= 15 is 0 Å². The minimum absolute atomic E-state index is 0.106. The second-order valence-electron chi connectivity index (χ2n) is 7.86. The number of fused-ring (bicyclic) bond motifs is 1. The van der Waals surface area contributed by atoms with Crippen molar-refractivity contribution >= 4 is 63.2 Å². The number of rotatable bonds is 6. The lowest BCUT2D eigenvalue weighted by atomic mass is 10.1. The molecule has 8 nitrogen and oxygen atoms in total. The van der Waals surface area contributed by atoms with Crippen LogP contribution in [0, 0.1) is 0 Å². The van der Waals surface area contributed by atoms with Crippen molar-refractivity contribution < 1.29 is 32.2 Å². The second kappa shape index (κ2) is 11.0. The summed E-state index contributed by atoms with van der Waals surface area (Å²) in [6.45, 7) is 0.106. The van der Waals surface area contributed by atoms with Crippen molar-refractivity contribution in [2.45, 2.75) is 12.5 Å². The fraction of sp³-hybridized carbons (Fsp3) is 0.208. The highest BCUT2D eigenvalue weighted by atomic mass is 127. The van der Waals surface area contributed by atoms with Crippen LogP contribution < -0.4 is 19.7 Å². The molecule has 2 amide bonds. The lowest BCUT2D eigenvalue weighted by Crippen LogP contribution is -2.48. The maximum atomic E-state index is 13.2. The van der Waals surface area contributed by atoms with Gasteiger partial charge in [0.2, 0.25) is 0 Å². The number of hydrogen-bond acceptors (Lipinski definition) is 6. The molecule has 37 heavy (non-hydrogen) atoms. The third kappa shape index (κ3) is 6.18. The molecular weight excluding hydrogens is 628 g/mol. The number of alkyl halides is 4. The molecule has 3 aromatic rings. The summed E-state index contributed by atoms with van der Waals surface area (Å²) >= 11 is 8.46. The maximum Gasteiger partial charge on any atom is 0.573 e. The van der Waals surface area contributed by atoms with Crippen LogP contribution >= 0.6 is 34.2 Å². The molecule has 1 aliphatic heterocycles. The first-order valence-corrected chi connectivity index (χ1v) is 12.6. The van der Waals surface area contributed by atoms with Gasteiger partial charge in [-0.15, -0.1) is 13.2 Å². The van der Waals surface area contributed by atoms with Gasteiger partial charge in [-0.2, -0.15) is 0 Å². The van der Waals surface area contributed by atoms with Crippen LogP contribution in [0.1, 0.15) is 10.4 Å². The first-order valence-electron chi connectivity index (χ1n) is 10.7. The number of halogens is 5. The number of carbonyl (C=O) groups is 2. The highest BCUT2D eigenvalue weighted by Gasteiger charge is 2.36. The highest BCUT2D eigenvalue weighted by Crippen LogP contribution is 2.42. The van der Waals surface area contributed by atoms with Crippen LogP contribution in [0.2, 0.25) is 5.02 Å². The largest absolute Gasteiger partial charge is 0.573 e. The van der Waals surface area contributed by atoms with Gasteiger partial charge in [0.1, 0.15) is 5.75 Å². The van der Waals surface area contributed by atoms with Crippen molar-refractivity contribution in [2.75, 3.05) is 28.4 Å². The molecule has 0 fully saturated rings. The molecule has 194 valence electrons. The van der Waals surface area contributed by atoms with Crippen molar-refractivity contribution in [3.63, 3.8) is 0 Å². The van der Waals surface area contributed by atoms with E-state index < -0.39 is 24.1 Å². The van der Waals surface area contributed by atoms with E-state index in [1.54, 1.807) is 42.4 Å². The molecule has 1 aliphatic rings. The molecule has 0 saturated carbocycles. The quantitative estimate of drug-likeness (QED) is 0.212. The number of carbonyl (C=O) groups excluding carboxylic acids is 2. The Kier molecular flexibility index (Phi) is 7.97. The number of pyridine rings is 1. The zero-order valence-corrected chi connectivity index (χ0v) is 22.0. The maximum absolute atomic E-state index is 13.2. The van der Waals surface area contributed by atoms with Crippen molar-refractivity contribution in [3.8, 4) is 11.5 Å². The third-order valence-corrected chi connectivity index (χ3v) is 6.63. The third-order valence-electron chi connectivity index (χ3n) is 5.31. The Balaban J connectivity index is 1.68. The van der Waals surface area contributed by atoms with Crippen LogP contribution in [0.3, 0.4) is 0 Å². The standard InChI is InChI=1S/C24H19ClF3IN4O4/c1-32(13-29)23(35)19-12-33(21-17(25)5-3-11-30-21)18-6-2-4-16(20(18)36-19)22(34)31-14-7-9-15(10-8-14)37-24(26,27)28/h2-11,19H,12-13H2,1H3,(H,31,34). The van der Waals surface area contributed by atoms with E-state index in [-0.39, 0.29) is 29.5 Å². The van der Waals surface area contributed by atoms with Crippen LogP contribution in [0.25, 0.3) is 0 Å². The number of para-hydroxylation sites is 1. The number of likely N-dealkylation sites (N-methyl/N-ethyl adjacent to an activating group) is 1. The Bertz CT molecular complexity index is 1310. The van der Waals surface area contributed by atoms with Crippen LogP contribution in [-0.2, 0) is 4.79 Å². The lowest BCUT2D eigenvalue weighted by Gasteiger charge is -2.37. The second-order valence-corrected chi connectivity index (χ2v) is 8.95. The van der Waals surface area contributed by atoms with Crippen molar-refractivity contribution in [2.24, 2.45) is 0 Å². The summed E-state index contributed by atoms with van der Waals surface area (Å²) in [5, 5.41) is 2.98. The first-order chi connectivity index (χ1) is 17.6. The average Bonchev–Trinajstić information content (AvgIpc) is 2.87. The van der Waals surface area contributed by atoms with E-state index in [0.717, 1.165) is 12.1 Å². The smallest absolute Gasteiger partial charge is 0.476 e. The molecule has 0 bridgehead atoms. The van der Waals surface area contributed by atoms with Gasteiger partial charge >= 0.3 is 6.36 Å². The van der Waals surface area contributed by atoms with E-state index in [2.05, 4.69) is 37.6 Å². The molecule has 0 radical (unpaired) electrons. The topological polar surface area (TPSA) is 84.0 Å². The molecule has 4 rings (SSSR count). The van der Waals surface area contributed by atoms with Crippen molar-refractivity contribution in [3.05, 3.63) is 71.4 Å². The van der Waals surface area contributed by atoms with E-state index in [1.807, 2.05) is 0 Å². The molecule has 2 heterocycles. The molecule has 1 atom stereocenters. The summed E-state index contributed by atoms with van der Waals surface area (Å²) in [5.41, 5.74) is 0.818. The molecular formula is C24H19ClF3IN4O4. The molecule has 0 saturated heterocycles. The van der Waals surface area contributed by atoms with Crippen LogP contribution in [0.5, 0.6) is 11.5 Å². The summed E-state index contributed by atoms with van der Waals surface area (Å²) < 4.78 is 47.6. The summed E-state index contributed by atoms with van der Waals surface area (Å²) in [6.07, 6.45) is -4.22. The van der Waals surface area contributed by atoms with E-state index in [4.69, 9.17) is 16.3 Å². The Morgan fingerprint density at radius 2 is 1.95 bits per heavy atom. The van der Waals surface area contributed by atoms with Gasteiger partial charge in [0.05, 0.1) is 27.4 Å². The van der Waals surface area contributed by atoms with Gasteiger partial charge in [0.15, 0.2) is 17.7 Å². The van der Waals surface area contributed by atoms with E-state index in [1.165, 1.54) is 23.1 Å². The summed E-state index contributed by atoms with van der Waals surface area (Å²) in [5.74, 6) is -0.780. The zero-order chi connectivity index (χ0) is 26.7. The summed E-state index contributed by atoms with van der Waals surface area (Å²) in [7, 11) is 1.64. The van der Waals surface area contributed by atoms with Crippen LogP contribution in [-0.4, -0.2) is 52.3 Å². The molecule has 2 aromatic carbocycles. The average molecular weight is 647 g/mol. The molecule has 13 heteroatoms. The van der Waals surface area contributed by atoms with Crippen molar-refractivity contribution in [1.82, 2.24) is 9.88 Å². The van der Waals surface area contributed by atoms with Gasteiger partial charge in [-0.05, 0) is 48.5 Å². The zero-order valence-electron chi connectivity index (χ0n) is 19.1. The molecule has 1 N–H and O–H groups in total. The van der Waals surface area contributed by atoms with Gasteiger partial charge in [0.25, 0.3) is 11.8 Å². The number of benzene rings is 2. The van der Waals surface area contributed by atoms with Gasteiger partial charge in [-0.3, -0.25) is 9.59 Å². The fourth-order valence-corrected chi connectivity index (χ4v) is 4.19. The molecule has 0 spiro atoms.